The average Bonchev–Trinajstić information content (AvgIpc) is 2.63. The Kier molecular flexibility index (Phi) is 2.68. The number of fused-ring (bicyclic) bond motifs is 1. The third-order valence-electron chi connectivity index (χ3n) is 2.20. The van der Waals surface area contributed by atoms with E-state index < -0.39 is 0 Å². The van der Waals surface area contributed by atoms with Gasteiger partial charge in [-0.2, -0.15) is 0 Å². The van der Waals surface area contributed by atoms with Crippen LogP contribution in [0, 0.1) is 0 Å². The number of aryl methyl sites for hydroxylation is 1. The molecule has 0 saturated carbocycles. The smallest absolute Gasteiger partial charge is 0.354 e. The zero-order valence-electron chi connectivity index (χ0n) is 8.08. The Morgan fingerprint density at radius 3 is 3.14 bits per heavy atom. The van der Waals surface area contributed by atoms with Crippen LogP contribution in [0.1, 0.15) is 25.5 Å². The molecule has 0 aliphatic rings. The van der Waals surface area contributed by atoms with Crippen molar-refractivity contribution in [1.29, 1.82) is 0 Å². The summed E-state index contributed by atoms with van der Waals surface area (Å²) in [6, 6.07) is 3.94. The maximum atomic E-state index is 11.5. The summed E-state index contributed by atoms with van der Waals surface area (Å²) in [6.07, 6.45) is 3.04. The Morgan fingerprint density at radius 1 is 1.50 bits per heavy atom. The van der Waals surface area contributed by atoms with Crippen molar-refractivity contribution in [2.45, 2.75) is 26.2 Å². The van der Waals surface area contributed by atoms with Crippen LogP contribution < -0.4 is 5.63 Å². The van der Waals surface area contributed by atoms with Gasteiger partial charge in [0, 0.05) is 11.8 Å². The minimum atomic E-state index is -0.191. The third kappa shape index (κ3) is 1.73. The molecule has 0 unspecified atom stereocenters. The van der Waals surface area contributed by atoms with Gasteiger partial charge in [-0.05, 0) is 23.9 Å². The lowest BCUT2D eigenvalue weighted by molar-refractivity contribution is 0.461. The van der Waals surface area contributed by atoms with Crippen molar-refractivity contribution in [3.63, 3.8) is 0 Å². The standard InChI is InChI=1S/C11H12O2S/c1-2-3-4-9-7-8-5-6-14-10(8)11(12)13-9/h5-7H,2-4H2,1H3. The molecular weight excluding hydrogens is 196 g/mol. The van der Waals surface area contributed by atoms with Gasteiger partial charge in [0.15, 0.2) is 0 Å². The largest absolute Gasteiger partial charge is 0.427 e. The molecule has 2 aromatic rings. The van der Waals surface area contributed by atoms with Crippen LogP contribution in [0.3, 0.4) is 0 Å². The van der Waals surface area contributed by atoms with Gasteiger partial charge in [0.2, 0.25) is 0 Å². The van der Waals surface area contributed by atoms with E-state index in [0.717, 1.165) is 35.1 Å². The van der Waals surface area contributed by atoms with Crippen molar-refractivity contribution in [2.75, 3.05) is 0 Å². The van der Waals surface area contributed by atoms with Crippen LogP contribution in [0.25, 0.3) is 10.1 Å². The SMILES string of the molecule is CCCCc1cc2ccsc2c(=O)o1. The molecule has 0 aliphatic carbocycles. The molecule has 0 aromatic carbocycles. The molecule has 0 radical (unpaired) electrons. The van der Waals surface area contributed by atoms with Gasteiger partial charge >= 0.3 is 5.63 Å². The van der Waals surface area contributed by atoms with Crippen molar-refractivity contribution in [1.82, 2.24) is 0 Å². The zero-order chi connectivity index (χ0) is 9.97. The Hall–Kier alpha value is -1.09. The Bertz CT molecular complexity index is 481. The first kappa shape index (κ1) is 9.46. The molecule has 2 aromatic heterocycles. The van der Waals surface area contributed by atoms with Crippen molar-refractivity contribution < 1.29 is 4.42 Å². The summed E-state index contributed by atoms with van der Waals surface area (Å²) in [4.78, 5) is 11.5. The second-order valence-corrected chi connectivity index (χ2v) is 4.22. The van der Waals surface area contributed by atoms with E-state index >= 15 is 0 Å². The number of hydrogen-bond donors (Lipinski definition) is 0. The molecule has 0 N–H and O–H groups in total. The van der Waals surface area contributed by atoms with Crippen molar-refractivity contribution in [3.05, 3.63) is 33.7 Å². The molecule has 0 saturated heterocycles. The first-order valence-electron chi connectivity index (χ1n) is 4.81. The van der Waals surface area contributed by atoms with Crippen LogP contribution in [-0.2, 0) is 6.42 Å². The minimum Gasteiger partial charge on any atom is -0.427 e. The van der Waals surface area contributed by atoms with Crippen molar-refractivity contribution in [2.24, 2.45) is 0 Å². The average molecular weight is 208 g/mol. The fourth-order valence-electron chi connectivity index (χ4n) is 1.44. The van der Waals surface area contributed by atoms with E-state index in [2.05, 4.69) is 6.92 Å². The molecule has 2 heterocycles. The van der Waals surface area contributed by atoms with Gasteiger partial charge in [-0.15, -0.1) is 11.3 Å². The second-order valence-electron chi connectivity index (χ2n) is 3.31. The Balaban J connectivity index is 2.43. The summed E-state index contributed by atoms with van der Waals surface area (Å²) >= 11 is 1.44. The zero-order valence-corrected chi connectivity index (χ0v) is 8.89. The van der Waals surface area contributed by atoms with Gasteiger partial charge in [-0.25, -0.2) is 4.79 Å². The van der Waals surface area contributed by atoms with Gasteiger partial charge in [0.05, 0.1) is 0 Å². The van der Waals surface area contributed by atoms with Gasteiger partial charge < -0.3 is 4.42 Å². The fraction of sp³-hybridized carbons (Fsp3) is 0.364. The van der Waals surface area contributed by atoms with Gasteiger partial charge in [-0.3, -0.25) is 0 Å². The highest BCUT2D eigenvalue weighted by Gasteiger charge is 2.04. The van der Waals surface area contributed by atoms with Crippen LogP contribution >= 0.6 is 11.3 Å². The van der Waals surface area contributed by atoms with Gasteiger partial charge in [0.1, 0.15) is 10.5 Å². The van der Waals surface area contributed by atoms with Crippen LogP contribution in [0.2, 0.25) is 0 Å². The molecule has 2 nitrogen and oxygen atoms in total. The summed E-state index contributed by atoms with van der Waals surface area (Å²) in [5.41, 5.74) is -0.191. The first-order chi connectivity index (χ1) is 6.81. The molecule has 0 spiro atoms. The molecule has 14 heavy (non-hydrogen) atoms. The van der Waals surface area contributed by atoms with E-state index in [-0.39, 0.29) is 5.63 Å². The molecule has 0 fully saturated rings. The predicted molar refractivity (Wildman–Crippen MR) is 59.0 cm³/mol. The quantitative estimate of drug-likeness (QED) is 0.775. The maximum absolute atomic E-state index is 11.5. The van der Waals surface area contributed by atoms with E-state index in [9.17, 15) is 4.79 Å². The first-order valence-corrected chi connectivity index (χ1v) is 5.69. The monoisotopic (exact) mass is 208 g/mol. The minimum absolute atomic E-state index is 0.191. The molecule has 0 atom stereocenters. The van der Waals surface area contributed by atoms with Gasteiger partial charge in [0.25, 0.3) is 0 Å². The highest BCUT2D eigenvalue weighted by atomic mass is 32.1. The number of rotatable bonds is 3. The van der Waals surface area contributed by atoms with E-state index in [0.29, 0.717) is 0 Å². The molecule has 2 rings (SSSR count). The molecule has 0 bridgehead atoms. The van der Waals surface area contributed by atoms with Crippen LogP contribution in [0.4, 0.5) is 0 Å². The van der Waals surface area contributed by atoms with E-state index in [4.69, 9.17) is 4.42 Å². The van der Waals surface area contributed by atoms with E-state index in [1.54, 1.807) is 0 Å². The normalized spacial score (nSPS) is 10.9. The van der Waals surface area contributed by atoms with E-state index in [1.165, 1.54) is 11.3 Å². The van der Waals surface area contributed by atoms with Crippen LogP contribution in [0.15, 0.2) is 26.7 Å². The molecule has 0 aliphatic heterocycles. The maximum Gasteiger partial charge on any atom is 0.354 e. The lowest BCUT2D eigenvalue weighted by Crippen LogP contribution is -1.99. The van der Waals surface area contributed by atoms with Crippen molar-refractivity contribution >= 4 is 21.4 Å². The van der Waals surface area contributed by atoms with E-state index in [1.807, 2.05) is 17.5 Å². The Labute approximate surface area is 86.2 Å². The summed E-state index contributed by atoms with van der Waals surface area (Å²) < 4.78 is 5.93. The molecule has 0 amide bonds. The molecule has 3 heteroatoms. The highest BCUT2D eigenvalue weighted by molar-refractivity contribution is 7.17. The topological polar surface area (TPSA) is 30.2 Å². The number of thiophene rings is 1. The number of hydrogen-bond acceptors (Lipinski definition) is 3. The highest BCUT2D eigenvalue weighted by Crippen LogP contribution is 2.18. The van der Waals surface area contributed by atoms with Crippen LogP contribution in [0.5, 0.6) is 0 Å². The summed E-state index contributed by atoms with van der Waals surface area (Å²) in [5, 5.41) is 2.93. The summed E-state index contributed by atoms with van der Waals surface area (Å²) in [6.45, 7) is 2.13. The lowest BCUT2D eigenvalue weighted by atomic mass is 10.2. The van der Waals surface area contributed by atoms with Crippen molar-refractivity contribution in [3.8, 4) is 0 Å². The second kappa shape index (κ2) is 3.96. The Morgan fingerprint density at radius 2 is 2.36 bits per heavy atom. The molecular formula is C11H12O2S. The molecule has 74 valence electrons. The van der Waals surface area contributed by atoms with Gasteiger partial charge in [-0.1, -0.05) is 13.3 Å². The predicted octanol–water partition coefficient (Wildman–Crippen LogP) is 3.20. The summed E-state index contributed by atoms with van der Waals surface area (Å²) in [5.74, 6) is 0.808. The summed E-state index contributed by atoms with van der Waals surface area (Å²) in [7, 11) is 0. The number of unbranched alkanes of at least 4 members (excludes halogenated alkanes) is 1. The fourth-order valence-corrected chi connectivity index (χ4v) is 2.19. The lowest BCUT2D eigenvalue weighted by Gasteiger charge is -1.97. The van der Waals surface area contributed by atoms with Crippen LogP contribution in [-0.4, -0.2) is 0 Å². The third-order valence-corrected chi connectivity index (χ3v) is 3.11.